The Morgan fingerprint density at radius 2 is 1.83 bits per heavy atom. The molecule has 1 aromatic heterocycles. The number of amidine groups is 1. The maximum Gasteiger partial charge on any atom is 0.275 e. The fourth-order valence-corrected chi connectivity index (χ4v) is 2.40. The highest BCUT2D eigenvalue weighted by Gasteiger charge is 2.20. The van der Waals surface area contributed by atoms with Gasteiger partial charge in [0, 0.05) is 18.8 Å². The summed E-state index contributed by atoms with van der Waals surface area (Å²) in [7, 11) is 3.18. The first kappa shape index (κ1) is 15.7. The number of hydrogen-bond donors (Lipinski definition) is 1. The number of nitrogens with one attached hydrogen (secondary N) is 1. The number of carbonyl (C=O) groups is 1. The minimum atomic E-state index is -0.206. The quantitative estimate of drug-likeness (QED) is 0.856. The molecule has 122 valence electrons. The van der Waals surface area contributed by atoms with Crippen LogP contribution in [0.4, 0.5) is 0 Å². The lowest BCUT2D eigenvalue weighted by atomic mass is 10.1. The Bertz CT molecular complexity index is 814. The lowest BCUT2D eigenvalue weighted by molar-refractivity contribution is -0.115. The molecule has 1 aliphatic rings. The van der Waals surface area contributed by atoms with E-state index in [1.165, 1.54) is 0 Å². The van der Waals surface area contributed by atoms with Crippen molar-refractivity contribution < 1.29 is 14.3 Å². The van der Waals surface area contributed by atoms with Gasteiger partial charge in [-0.25, -0.2) is 4.99 Å². The Kier molecular flexibility index (Phi) is 4.56. The highest BCUT2D eigenvalue weighted by atomic mass is 16.5. The Morgan fingerprint density at radius 1 is 1.08 bits per heavy atom. The molecular formula is C18H17N3O3. The van der Waals surface area contributed by atoms with Crippen LogP contribution in [0, 0.1) is 0 Å². The van der Waals surface area contributed by atoms with Crippen molar-refractivity contribution in [2.45, 2.75) is 6.42 Å². The number of methoxy groups -OCH3 is 2. The van der Waals surface area contributed by atoms with E-state index in [-0.39, 0.29) is 5.91 Å². The summed E-state index contributed by atoms with van der Waals surface area (Å²) in [6.07, 6.45) is 5.58. The van der Waals surface area contributed by atoms with Gasteiger partial charge in [-0.15, -0.1) is 0 Å². The molecule has 2 heterocycles. The molecule has 1 amide bonds. The molecule has 6 nitrogen and oxygen atoms in total. The molecule has 2 aromatic rings. The van der Waals surface area contributed by atoms with Gasteiger partial charge in [0.05, 0.1) is 14.2 Å². The third-order valence-electron chi connectivity index (χ3n) is 3.57. The maximum absolute atomic E-state index is 12.0. The van der Waals surface area contributed by atoms with Crippen LogP contribution in [0.2, 0.25) is 0 Å². The lowest BCUT2D eigenvalue weighted by Crippen LogP contribution is -2.25. The van der Waals surface area contributed by atoms with Gasteiger partial charge >= 0.3 is 0 Å². The second-order valence-corrected chi connectivity index (χ2v) is 5.19. The number of aliphatic imine (C=N–C) groups is 1. The summed E-state index contributed by atoms with van der Waals surface area (Å²) in [6, 6.07) is 9.27. The van der Waals surface area contributed by atoms with Crippen molar-refractivity contribution in [3.05, 3.63) is 59.5 Å². The Hall–Kier alpha value is -3.15. The standard InChI is InChI=1S/C18H17N3O3/c1-23-15-4-3-13(10-16(15)24-2)11-17-20-14(18(22)21-17)9-12-5-7-19-8-6-12/h3-10H,11H2,1-2H3,(H,20,21,22)/b14-9+. The van der Waals surface area contributed by atoms with Crippen LogP contribution in [0.15, 0.2) is 53.4 Å². The van der Waals surface area contributed by atoms with Crippen molar-refractivity contribution in [3.63, 3.8) is 0 Å². The van der Waals surface area contributed by atoms with Crippen molar-refractivity contribution in [2.24, 2.45) is 4.99 Å². The van der Waals surface area contributed by atoms with Gasteiger partial charge in [-0.1, -0.05) is 6.07 Å². The number of benzene rings is 1. The Balaban J connectivity index is 1.80. The first-order valence-electron chi connectivity index (χ1n) is 7.41. The van der Waals surface area contributed by atoms with E-state index in [1.807, 2.05) is 30.3 Å². The lowest BCUT2D eigenvalue weighted by Gasteiger charge is -2.09. The number of pyridine rings is 1. The zero-order chi connectivity index (χ0) is 16.9. The van der Waals surface area contributed by atoms with Crippen LogP contribution in [-0.2, 0) is 11.2 Å². The third kappa shape index (κ3) is 3.43. The van der Waals surface area contributed by atoms with Crippen molar-refractivity contribution in [1.29, 1.82) is 0 Å². The van der Waals surface area contributed by atoms with Gasteiger partial charge in [-0.2, -0.15) is 0 Å². The third-order valence-corrected chi connectivity index (χ3v) is 3.57. The van der Waals surface area contributed by atoms with Gasteiger partial charge in [0.15, 0.2) is 11.5 Å². The predicted octanol–water partition coefficient (Wildman–Crippen LogP) is 2.21. The topological polar surface area (TPSA) is 72.8 Å². The van der Waals surface area contributed by atoms with E-state index in [1.54, 1.807) is 32.7 Å². The van der Waals surface area contributed by atoms with Crippen molar-refractivity contribution in [3.8, 4) is 11.5 Å². The number of rotatable bonds is 5. The normalized spacial score (nSPS) is 15.2. The second-order valence-electron chi connectivity index (χ2n) is 5.19. The van der Waals surface area contributed by atoms with Crippen LogP contribution >= 0.6 is 0 Å². The number of hydrogen-bond acceptors (Lipinski definition) is 5. The molecule has 1 N–H and O–H groups in total. The van der Waals surface area contributed by atoms with E-state index in [0.29, 0.717) is 29.5 Å². The summed E-state index contributed by atoms with van der Waals surface area (Å²) < 4.78 is 10.5. The molecule has 0 unspecified atom stereocenters. The molecule has 0 aliphatic carbocycles. The monoisotopic (exact) mass is 323 g/mol. The molecule has 1 aromatic carbocycles. The molecule has 24 heavy (non-hydrogen) atoms. The van der Waals surface area contributed by atoms with E-state index in [2.05, 4.69) is 15.3 Å². The summed E-state index contributed by atoms with van der Waals surface area (Å²) in [5.74, 6) is 1.71. The molecule has 0 fully saturated rings. The predicted molar refractivity (Wildman–Crippen MR) is 91.0 cm³/mol. The van der Waals surface area contributed by atoms with Gasteiger partial charge in [0.1, 0.15) is 11.5 Å². The zero-order valence-corrected chi connectivity index (χ0v) is 13.4. The molecule has 6 heteroatoms. The molecule has 0 saturated carbocycles. The average Bonchev–Trinajstić information content (AvgIpc) is 2.94. The van der Waals surface area contributed by atoms with Gasteiger partial charge in [0.25, 0.3) is 5.91 Å². The number of amides is 1. The van der Waals surface area contributed by atoms with Crippen LogP contribution in [0.25, 0.3) is 6.08 Å². The number of aromatic nitrogens is 1. The SMILES string of the molecule is COc1ccc(CC2=N/C(=C/c3ccncc3)C(=O)N2)cc1OC. The maximum atomic E-state index is 12.0. The Morgan fingerprint density at radius 3 is 2.54 bits per heavy atom. The van der Waals surface area contributed by atoms with Crippen LogP contribution in [-0.4, -0.2) is 30.9 Å². The molecule has 0 radical (unpaired) electrons. The zero-order valence-electron chi connectivity index (χ0n) is 13.4. The minimum absolute atomic E-state index is 0.206. The van der Waals surface area contributed by atoms with E-state index in [4.69, 9.17) is 9.47 Å². The Labute approximate surface area is 139 Å². The highest BCUT2D eigenvalue weighted by Crippen LogP contribution is 2.28. The first-order chi connectivity index (χ1) is 11.7. The highest BCUT2D eigenvalue weighted by molar-refractivity contribution is 6.14. The smallest absolute Gasteiger partial charge is 0.275 e. The molecule has 0 bridgehead atoms. The summed E-state index contributed by atoms with van der Waals surface area (Å²) in [5, 5.41) is 2.79. The molecule has 1 aliphatic heterocycles. The molecule has 0 saturated heterocycles. The molecule has 0 atom stereocenters. The molecule has 3 rings (SSSR count). The molecular weight excluding hydrogens is 306 g/mol. The van der Waals surface area contributed by atoms with Gasteiger partial charge < -0.3 is 14.8 Å². The minimum Gasteiger partial charge on any atom is -0.493 e. The van der Waals surface area contributed by atoms with Crippen LogP contribution < -0.4 is 14.8 Å². The van der Waals surface area contributed by atoms with E-state index >= 15 is 0 Å². The summed E-state index contributed by atoms with van der Waals surface area (Å²) in [6.45, 7) is 0. The largest absolute Gasteiger partial charge is 0.493 e. The summed E-state index contributed by atoms with van der Waals surface area (Å²) in [5.41, 5.74) is 2.24. The fourth-order valence-electron chi connectivity index (χ4n) is 2.40. The van der Waals surface area contributed by atoms with Crippen LogP contribution in [0.1, 0.15) is 11.1 Å². The van der Waals surface area contributed by atoms with E-state index in [9.17, 15) is 4.79 Å². The first-order valence-corrected chi connectivity index (χ1v) is 7.41. The number of nitrogens with zero attached hydrogens (tertiary/aromatic N) is 2. The summed E-state index contributed by atoms with van der Waals surface area (Å²) in [4.78, 5) is 20.4. The van der Waals surface area contributed by atoms with E-state index < -0.39 is 0 Å². The van der Waals surface area contributed by atoms with Crippen molar-refractivity contribution in [1.82, 2.24) is 10.3 Å². The summed E-state index contributed by atoms with van der Waals surface area (Å²) >= 11 is 0. The average molecular weight is 323 g/mol. The number of ether oxygens (including phenoxy) is 2. The van der Waals surface area contributed by atoms with Crippen molar-refractivity contribution in [2.75, 3.05) is 14.2 Å². The number of carbonyl (C=O) groups excluding carboxylic acids is 1. The van der Waals surface area contributed by atoms with Gasteiger partial charge in [-0.05, 0) is 41.5 Å². The van der Waals surface area contributed by atoms with Gasteiger partial charge in [-0.3, -0.25) is 9.78 Å². The van der Waals surface area contributed by atoms with Gasteiger partial charge in [0.2, 0.25) is 0 Å². The molecule has 0 spiro atoms. The fraction of sp³-hybridized carbons (Fsp3) is 0.167. The van der Waals surface area contributed by atoms with Crippen molar-refractivity contribution >= 4 is 17.8 Å². The van der Waals surface area contributed by atoms with Crippen LogP contribution in [0.5, 0.6) is 11.5 Å². The van der Waals surface area contributed by atoms with Crippen LogP contribution in [0.3, 0.4) is 0 Å². The second kappa shape index (κ2) is 6.95. The van der Waals surface area contributed by atoms with E-state index in [0.717, 1.165) is 11.1 Å².